The number of rotatable bonds is 2. The molecule has 0 aliphatic rings. The van der Waals surface area contributed by atoms with Crippen molar-refractivity contribution in [2.45, 2.75) is 17.5 Å². The van der Waals surface area contributed by atoms with E-state index in [0.29, 0.717) is 3.61 Å². The van der Waals surface area contributed by atoms with E-state index in [-0.39, 0.29) is 0 Å². The van der Waals surface area contributed by atoms with Crippen LogP contribution in [0.3, 0.4) is 0 Å². The molecule has 1 atom stereocenters. The first-order valence-corrected chi connectivity index (χ1v) is 5.39. The Kier molecular flexibility index (Phi) is 4.67. The molecule has 2 heteroatoms. The van der Waals surface area contributed by atoms with Crippen LogP contribution in [0.1, 0.15) is 13.8 Å². The van der Waals surface area contributed by atoms with Crippen LogP contribution in [0.2, 0.25) is 0 Å². The number of ether oxygens (including phenoxy) is 1. The van der Waals surface area contributed by atoms with Gasteiger partial charge in [-0.15, -0.1) is 0 Å². The van der Waals surface area contributed by atoms with Gasteiger partial charge in [0, 0.05) is 0 Å². The predicted molar refractivity (Wildman–Crippen MR) is 21.1 cm³/mol. The molecule has 0 N–H and O–H groups in total. The molecule has 0 saturated heterocycles. The van der Waals surface area contributed by atoms with Crippen molar-refractivity contribution in [2.24, 2.45) is 0 Å². The Labute approximate surface area is 55.0 Å². The SMILES string of the molecule is CCO[CH](C)[Hg]. The van der Waals surface area contributed by atoms with Crippen LogP contribution in [0.25, 0.3) is 0 Å². The molecule has 0 aliphatic carbocycles. The Morgan fingerprint density at radius 1 is 1.83 bits per heavy atom. The molecule has 0 spiro atoms. The first-order chi connectivity index (χ1) is 2.77. The van der Waals surface area contributed by atoms with E-state index < -0.39 is 0 Å². The fourth-order valence-electron chi connectivity index (χ4n) is 0.285. The second kappa shape index (κ2) is 4.06. The average molecular weight is 274 g/mol. The summed E-state index contributed by atoms with van der Waals surface area (Å²) in [5, 5.41) is 0. The summed E-state index contributed by atoms with van der Waals surface area (Å²) in [6.45, 7) is 5.03. The van der Waals surface area contributed by atoms with Gasteiger partial charge in [0.15, 0.2) is 0 Å². The summed E-state index contributed by atoms with van der Waals surface area (Å²) in [4.78, 5) is 0. The van der Waals surface area contributed by atoms with Crippen LogP contribution in [-0.2, 0) is 30.9 Å². The summed E-state index contributed by atoms with van der Waals surface area (Å²) in [7, 11) is 0. The molecule has 0 amide bonds. The molecule has 6 heavy (non-hydrogen) atoms. The summed E-state index contributed by atoms with van der Waals surface area (Å²) in [5.41, 5.74) is 0. The molecule has 0 bridgehead atoms. The molecule has 0 aliphatic heterocycles. The summed E-state index contributed by atoms with van der Waals surface area (Å²) in [5.74, 6) is 0. The summed E-state index contributed by atoms with van der Waals surface area (Å²) >= 11 is 0.806. The zero-order valence-corrected chi connectivity index (χ0v) is 9.90. The van der Waals surface area contributed by atoms with Gasteiger partial charge in [0.05, 0.1) is 0 Å². The van der Waals surface area contributed by atoms with Crippen molar-refractivity contribution < 1.29 is 30.9 Å². The summed E-state index contributed by atoms with van der Waals surface area (Å²) in [6.07, 6.45) is 0. The number of hydrogen-bond acceptors (Lipinski definition) is 1. The van der Waals surface area contributed by atoms with Crippen molar-refractivity contribution in [1.29, 1.82) is 0 Å². The average Bonchev–Trinajstić information content (AvgIpc) is 1.35. The van der Waals surface area contributed by atoms with E-state index in [0.717, 1.165) is 32.7 Å². The summed E-state index contributed by atoms with van der Waals surface area (Å²) < 4.78 is 5.72. The Morgan fingerprint density at radius 3 is 2.33 bits per heavy atom. The molecule has 0 aromatic heterocycles. The fourth-order valence-corrected chi connectivity index (χ4v) is 1.20. The Morgan fingerprint density at radius 2 is 2.33 bits per heavy atom. The van der Waals surface area contributed by atoms with Crippen molar-refractivity contribution in [3.63, 3.8) is 0 Å². The van der Waals surface area contributed by atoms with Gasteiger partial charge in [-0.3, -0.25) is 0 Å². The first-order valence-electron chi connectivity index (χ1n) is 2.22. The van der Waals surface area contributed by atoms with Crippen molar-refractivity contribution >= 4 is 0 Å². The third-order valence-corrected chi connectivity index (χ3v) is 1.37. The molecular weight excluding hydrogens is 265 g/mol. The Bertz CT molecular complexity index is 28.7. The zero-order valence-electron chi connectivity index (χ0n) is 4.40. The molecule has 33 valence electrons. The third kappa shape index (κ3) is 4.90. The van der Waals surface area contributed by atoms with Crippen LogP contribution in [0.4, 0.5) is 0 Å². The molecule has 1 nitrogen and oxygen atoms in total. The molecule has 1 unspecified atom stereocenters. The van der Waals surface area contributed by atoms with Crippen LogP contribution in [0.5, 0.6) is 0 Å². The van der Waals surface area contributed by atoms with Gasteiger partial charge in [-0.25, -0.2) is 0 Å². The zero-order chi connectivity index (χ0) is 4.99. The fraction of sp³-hybridized carbons (Fsp3) is 1.00. The van der Waals surface area contributed by atoms with Crippen LogP contribution >= 0.6 is 0 Å². The van der Waals surface area contributed by atoms with E-state index in [2.05, 4.69) is 6.92 Å². The van der Waals surface area contributed by atoms with Gasteiger partial charge < -0.3 is 0 Å². The van der Waals surface area contributed by atoms with Gasteiger partial charge in [0.2, 0.25) is 0 Å². The third-order valence-electron chi connectivity index (χ3n) is 0.451. The van der Waals surface area contributed by atoms with Gasteiger partial charge in [-0.1, -0.05) is 0 Å². The van der Waals surface area contributed by atoms with Crippen molar-refractivity contribution in [3.05, 3.63) is 0 Å². The van der Waals surface area contributed by atoms with Gasteiger partial charge in [-0.2, -0.15) is 0 Å². The quantitative estimate of drug-likeness (QED) is 0.680. The second-order valence-corrected chi connectivity index (χ2v) is 5.74. The van der Waals surface area contributed by atoms with E-state index in [1.165, 1.54) is 0 Å². The molecule has 0 rings (SSSR count). The maximum absolute atomic E-state index is 5.13. The number of hydrogen-bond donors (Lipinski definition) is 0. The summed E-state index contributed by atoms with van der Waals surface area (Å²) in [6, 6.07) is 0. The minimum atomic E-state index is 0.593. The van der Waals surface area contributed by atoms with Crippen molar-refractivity contribution in [2.75, 3.05) is 6.61 Å². The van der Waals surface area contributed by atoms with Crippen molar-refractivity contribution in [3.8, 4) is 0 Å². The monoisotopic (exact) mass is 275 g/mol. The molecule has 0 saturated carbocycles. The van der Waals surface area contributed by atoms with Crippen molar-refractivity contribution in [1.82, 2.24) is 0 Å². The van der Waals surface area contributed by atoms with E-state index >= 15 is 0 Å². The van der Waals surface area contributed by atoms with Crippen LogP contribution < -0.4 is 0 Å². The predicted octanol–water partition coefficient (Wildman–Crippen LogP) is 0.916. The minimum absolute atomic E-state index is 0.593. The van der Waals surface area contributed by atoms with Crippen LogP contribution in [-0.4, -0.2) is 10.2 Å². The molecule has 0 fully saturated rings. The molecular formula is C4H9HgO. The topological polar surface area (TPSA) is 9.23 Å². The van der Waals surface area contributed by atoms with E-state index in [1.807, 2.05) is 6.92 Å². The normalized spacial score (nSPS) is 14.7. The van der Waals surface area contributed by atoms with E-state index in [1.54, 1.807) is 0 Å². The Hall–Kier alpha value is 0.895. The molecule has 0 heterocycles. The van der Waals surface area contributed by atoms with E-state index in [4.69, 9.17) is 4.74 Å². The van der Waals surface area contributed by atoms with Gasteiger partial charge in [0.25, 0.3) is 0 Å². The van der Waals surface area contributed by atoms with Gasteiger partial charge >= 0.3 is 54.9 Å². The van der Waals surface area contributed by atoms with Gasteiger partial charge in [-0.05, 0) is 0 Å². The Balaban J connectivity index is 2.63. The standard InChI is InChI=1S/C4H9O.Hg/c1-3-5-4-2;/h3H,4H2,1-2H3;. The van der Waals surface area contributed by atoms with Gasteiger partial charge in [0.1, 0.15) is 0 Å². The van der Waals surface area contributed by atoms with Crippen LogP contribution in [0.15, 0.2) is 0 Å². The second-order valence-electron chi connectivity index (χ2n) is 1.27. The molecule has 0 aromatic rings. The molecule has 0 aromatic carbocycles. The molecule has 0 radical (unpaired) electrons. The van der Waals surface area contributed by atoms with E-state index in [9.17, 15) is 0 Å². The first kappa shape index (κ1) is 6.90. The maximum atomic E-state index is 5.13. The van der Waals surface area contributed by atoms with Crippen LogP contribution in [0, 0.1) is 0 Å².